The first kappa shape index (κ1) is 19.9. The number of nitrogens with zero attached hydrogens (tertiary/aromatic N) is 1. The van der Waals surface area contributed by atoms with Gasteiger partial charge in [0.25, 0.3) is 0 Å². The lowest BCUT2D eigenvalue weighted by Gasteiger charge is -2.39. The van der Waals surface area contributed by atoms with E-state index in [1.807, 2.05) is 19.1 Å². The van der Waals surface area contributed by atoms with Crippen LogP contribution in [0.1, 0.15) is 43.9 Å². The van der Waals surface area contributed by atoms with E-state index in [0.717, 1.165) is 54.6 Å². The van der Waals surface area contributed by atoms with Gasteiger partial charge in [-0.2, -0.15) is 0 Å². The summed E-state index contributed by atoms with van der Waals surface area (Å²) in [6, 6.07) is 4.00. The van der Waals surface area contributed by atoms with Crippen molar-refractivity contribution in [2.45, 2.75) is 39.7 Å². The van der Waals surface area contributed by atoms with Crippen LogP contribution in [0.4, 0.5) is 4.39 Å². The third-order valence-corrected chi connectivity index (χ3v) is 4.85. The van der Waals surface area contributed by atoms with Crippen molar-refractivity contribution < 1.29 is 4.39 Å². The predicted molar refractivity (Wildman–Crippen MR) is 97.3 cm³/mol. The highest BCUT2D eigenvalue weighted by molar-refractivity contribution is 9.10. The van der Waals surface area contributed by atoms with Crippen molar-refractivity contribution in [2.75, 3.05) is 26.2 Å². The highest BCUT2D eigenvalue weighted by Crippen LogP contribution is 2.35. The zero-order valence-electron chi connectivity index (χ0n) is 13.7. The topological polar surface area (TPSA) is 15.3 Å². The first-order valence-corrected chi connectivity index (χ1v) is 8.74. The molecule has 0 aromatic heterocycles. The summed E-state index contributed by atoms with van der Waals surface area (Å²) >= 11 is 3.53. The summed E-state index contributed by atoms with van der Waals surface area (Å²) in [6.07, 6.45) is 2.26. The average Bonchev–Trinajstić information content (AvgIpc) is 2.46. The fourth-order valence-electron chi connectivity index (χ4n) is 3.40. The van der Waals surface area contributed by atoms with Crippen LogP contribution in [0.5, 0.6) is 0 Å². The summed E-state index contributed by atoms with van der Waals surface area (Å²) in [5.74, 6) is 0.418. The van der Waals surface area contributed by atoms with Gasteiger partial charge in [-0.3, -0.25) is 4.90 Å². The zero-order chi connectivity index (χ0) is 15.4. The molecule has 0 aliphatic carbocycles. The van der Waals surface area contributed by atoms with Gasteiger partial charge in [0.15, 0.2) is 0 Å². The van der Waals surface area contributed by atoms with Gasteiger partial charge in [0.1, 0.15) is 5.82 Å². The van der Waals surface area contributed by atoms with Crippen molar-refractivity contribution in [3.8, 4) is 0 Å². The molecule has 2 rings (SSSR count). The summed E-state index contributed by atoms with van der Waals surface area (Å²) in [5, 5.41) is 3.38. The van der Waals surface area contributed by atoms with Gasteiger partial charge in [0.05, 0.1) is 0 Å². The highest BCUT2D eigenvalue weighted by Gasteiger charge is 2.29. The molecule has 0 amide bonds. The smallest absolute Gasteiger partial charge is 0.130 e. The van der Waals surface area contributed by atoms with Gasteiger partial charge in [0.2, 0.25) is 0 Å². The van der Waals surface area contributed by atoms with E-state index in [-0.39, 0.29) is 24.3 Å². The van der Waals surface area contributed by atoms with Gasteiger partial charge < -0.3 is 5.32 Å². The Hall–Kier alpha value is -0.160. The van der Waals surface area contributed by atoms with E-state index in [2.05, 4.69) is 40.0 Å². The van der Waals surface area contributed by atoms with E-state index >= 15 is 0 Å². The largest absolute Gasteiger partial charge is 0.314 e. The van der Waals surface area contributed by atoms with Crippen molar-refractivity contribution in [2.24, 2.45) is 5.92 Å². The summed E-state index contributed by atoms with van der Waals surface area (Å²) in [4.78, 5) is 2.45. The molecule has 1 aromatic rings. The molecule has 0 radical (unpaired) electrons. The van der Waals surface area contributed by atoms with Crippen LogP contribution in [-0.2, 0) is 0 Å². The number of aryl methyl sites for hydroxylation is 1. The molecule has 126 valence electrons. The van der Waals surface area contributed by atoms with E-state index in [0.29, 0.717) is 5.92 Å². The molecule has 1 fully saturated rings. The Kier molecular flexibility index (Phi) is 8.33. The molecule has 0 bridgehead atoms. The summed E-state index contributed by atoms with van der Waals surface area (Å²) in [5.41, 5.74) is 1.58. The standard InChI is InChI=1S/C17H26BrFN2.ClH/c1-4-5-12(2)17(21-8-6-20-7-9-21)15-11-14(18)10-13(3)16(15)19;/h10-12,17,20H,4-9H2,1-3H3;1H/t12?,17-;/m0./s1. The molecule has 1 heterocycles. The van der Waals surface area contributed by atoms with Crippen molar-refractivity contribution >= 4 is 28.3 Å². The molecular weight excluding hydrogens is 367 g/mol. The first-order chi connectivity index (χ1) is 10.0. The van der Waals surface area contributed by atoms with Crippen LogP contribution in [0.3, 0.4) is 0 Å². The molecule has 2 atom stereocenters. The van der Waals surface area contributed by atoms with Crippen molar-refractivity contribution in [3.63, 3.8) is 0 Å². The Bertz CT molecular complexity index is 478. The molecule has 1 aromatic carbocycles. The fraction of sp³-hybridized carbons (Fsp3) is 0.647. The second-order valence-electron chi connectivity index (χ2n) is 6.12. The molecule has 5 heteroatoms. The van der Waals surface area contributed by atoms with Crippen molar-refractivity contribution in [3.05, 3.63) is 33.5 Å². The molecule has 2 nitrogen and oxygen atoms in total. The Morgan fingerprint density at radius 1 is 1.32 bits per heavy atom. The van der Waals surface area contributed by atoms with Crippen LogP contribution in [0.25, 0.3) is 0 Å². The van der Waals surface area contributed by atoms with Crippen LogP contribution in [0.2, 0.25) is 0 Å². The molecular formula is C17H27BrClFN2. The van der Waals surface area contributed by atoms with E-state index in [1.54, 1.807) is 0 Å². The maximum Gasteiger partial charge on any atom is 0.130 e. The molecule has 1 aliphatic rings. The van der Waals surface area contributed by atoms with Gasteiger partial charge in [-0.1, -0.05) is 36.2 Å². The third kappa shape index (κ3) is 4.67. The normalized spacial score (nSPS) is 18.6. The lowest BCUT2D eigenvalue weighted by molar-refractivity contribution is 0.123. The number of nitrogens with one attached hydrogen (secondary N) is 1. The fourth-order valence-corrected chi connectivity index (χ4v) is 3.99. The van der Waals surface area contributed by atoms with Gasteiger partial charge in [-0.05, 0) is 37.0 Å². The Balaban J connectivity index is 0.00000242. The maximum absolute atomic E-state index is 14.7. The minimum Gasteiger partial charge on any atom is -0.314 e. The monoisotopic (exact) mass is 392 g/mol. The predicted octanol–water partition coefficient (Wildman–Crippen LogP) is 4.70. The number of rotatable bonds is 5. The molecule has 1 unspecified atom stereocenters. The lowest BCUT2D eigenvalue weighted by Crippen LogP contribution is -2.46. The highest BCUT2D eigenvalue weighted by atomic mass is 79.9. The molecule has 1 saturated heterocycles. The third-order valence-electron chi connectivity index (χ3n) is 4.39. The van der Waals surface area contributed by atoms with Gasteiger partial charge >= 0.3 is 0 Å². The minimum atomic E-state index is -0.0373. The van der Waals surface area contributed by atoms with E-state index in [9.17, 15) is 4.39 Å². The molecule has 1 aliphatic heterocycles. The van der Waals surface area contributed by atoms with Gasteiger partial charge in [-0.15, -0.1) is 12.4 Å². The van der Waals surface area contributed by atoms with Gasteiger partial charge in [0, 0.05) is 42.3 Å². The van der Waals surface area contributed by atoms with Gasteiger partial charge in [-0.25, -0.2) is 4.39 Å². The lowest BCUT2D eigenvalue weighted by atomic mass is 9.88. The Morgan fingerprint density at radius 2 is 1.95 bits per heavy atom. The SMILES string of the molecule is CCCC(C)[C@@H](c1cc(Br)cc(C)c1F)N1CCNCC1.Cl. The molecule has 0 saturated carbocycles. The number of benzene rings is 1. The van der Waals surface area contributed by atoms with Crippen LogP contribution in [0, 0.1) is 18.7 Å². The van der Waals surface area contributed by atoms with E-state index in [4.69, 9.17) is 0 Å². The second-order valence-corrected chi connectivity index (χ2v) is 7.04. The van der Waals surface area contributed by atoms with Crippen LogP contribution in [0.15, 0.2) is 16.6 Å². The molecule has 0 spiro atoms. The number of halogens is 3. The molecule has 1 N–H and O–H groups in total. The number of piperazine rings is 1. The van der Waals surface area contributed by atoms with Crippen LogP contribution >= 0.6 is 28.3 Å². The maximum atomic E-state index is 14.7. The van der Waals surface area contributed by atoms with Crippen LogP contribution in [-0.4, -0.2) is 31.1 Å². The minimum absolute atomic E-state index is 0. The Labute approximate surface area is 148 Å². The van der Waals surface area contributed by atoms with E-state index in [1.165, 1.54) is 0 Å². The Morgan fingerprint density at radius 3 is 2.55 bits per heavy atom. The van der Waals surface area contributed by atoms with E-state index < -0.39 is 0 Å². The molecule has 22 heavy (non-hydrogen) atoms. The summed E-state index contributed by atoms with van der Waals surface area (Å²) in [7, 11) is 0. The first-order valence-electron chi connectivity index (χ1n) is 7.95. The summed E-state index contributed by atoms with van der Waals surface area (Å²) < 4.78 is 15.7. The van der Waals surface area contributed by atoms with Crippen LogP contribution < -0.4 is 5.32 Å². The average molecular weight is 394 g/mol. The number of hydrogen-bond donors (Lipinski definition) is 1. The zero-order valence-corrected chi connectivity index (χ0v) is 16.1. The second kappa shape index (κ2) is 9.21. The summed E-state index contributed by atoms with van der Waals surface area (Å²) in [6.45, 7) is 10.3. The van der Waals surface area contributed by atoms with Crippen molar-refractivity contribution in [1.82, 2.24) is 10.2 Å². The van der Waals surface area contributed by atoms with Crippen molar-refractivity contribution in [1.29, 1.82) is 0 Å². The number of hydrogen-bond acceptors (Lipinski definition) is 2. The quantitative estimate of drug-likeness (QED) is 0.780.